The number of fused-ring (bicyclic) bond motifs is 3. The Hall–Kier alpha value is -2.60. The molecule has 0 bridgehead atoms. The third-order valence-electron chi connectivity index (χ3n) is 3.94. The van der Waals surface area contributed by atoms with E-state index < -0.39 is 5.66 Å². The molecule has 0 aliphatic heterocycles. The normalized spacial score (nSPS) is 12.6. The SMILES string of the molecule is CC(C)(C)N=NC(C)(C)NC(=O)SOc1ccc2ccc3ccccc3c2c1. The number of carbonyl (C=O) groups excluding carboxylic acids is 1. The molecule has 5 nitrogen and oxygen atoms in total. The molecule has 0 aromatic heterocycles. The zero-order chi connectivity index (χ0) is 20.4. The fraction of sp³-hybridized carbons (Fsp3) is 0.318. The van der Waals surface area contributed by atoms with Gasteiger partial charge in [0.05, 0.1) is 5.54 Å². The maximum atomic E-state index is 12.3. The van der Waals surface area contributed by atoms with Gasteiger partial charge in [0.25, 0.3) is 0 Å². The quantitative estimate of drug-likeness (QED) is 0.303. The van der Waals surface area contributed by atoms with Crippen molar-refractivity contribution in [2.24, 2.45) is 10.2 Å². The summed E-state index contributed by atoms with van der Waals surface area (Å²) in [4.78, 5) is 12.3. The average Bonchev–Trinajstić information content (AvgIpc) is 2.64. The Labute approximate surface area is 169 Å². The summed E-state index contributed by atoms with van der Waals surface area (Å²) in [5, 5.41) is 15.5. The third-order valence-corrected chi connectivity index (χ3v) is 4.47. The Morgan fingerprint density at radius 2 is 1.54 bits per heavy atom. The minimum Gasteiger partial charge on any atom is -0.416 e. The smallest absolute Gasteiger partial charge is 0.320 e. The van der Waals surface area contributed by atoms with Crippen LogP contribution in [0.4, 0.5) is 4.79 Å². The molecule has 0 unspecified atom stereocenters. The second-order valence-corrected chi connectivity index (χ2v) is 8.88. The zero-order valence-electron chi connectivity index (χ0n) is 16.8. The van der Waals surface area contributed by atoms with Crippen molar-refractivity contribution in [3.8, 4) is 5.75 Å². The van der Waals surface area contributed by atoms with Crippen molar-refractivity contribution in [3.63, 3.8) is 0 Å². The lowest BCUT2D eigenvalue weighted by Gasteiger charge is -2.21. The van der Waals surface area contributed by atoms with Crippen LogP contribution in [-0.2, 0) is 0 Å². The van der Waals surface area contributed by atoms with Crippen molar-refractivity contribution in [1.29, 1.82) is 0 Å². The molecule has 3 rings (SSSR count). The number of nitrogens with one attached hydrogen (secondary N) is 1. The van der Waals surface area contributed by atoms with E-state index in [2.05, 4.69) is 39.8 Å². The third kappa shape index (κ3) is 5.23. The van der Waals surface area contributed by atoms with E-state index in [0.717, 1.165) is 28.2 Å². The molecule has 0 saturated heterocycles. The Bertz CT molecular complexity index is 1040. The highest BCUT2D eigenvalue weighted by Crippen LogP contribution is 2.30. The van der Waals surface area contributed by atoms with Gasteiger partial charge in [0.2, 0.25) is 0 Å². The zero-order valence-corrected chi connectivity index (χ0v) is 17.6. The summed E-state index contributed by atoms with van der Waals surface area (Å²) in [6.45, 7) is 9.45. The first-order valence-electron chi connectivity index (χ1n) is 9.15. The molecule has 0 aliphatic rings. The van der Waals surface area contributed by atoms with Crippen molar-refractivity contribution < 1.29 is 8.98 Å². The molecule has 1 N–H and O–H groups in total. The van der Waals surface area contributed by atoms with E-state index in [-0.39, 0.29) is 10.8 Å². The summed E-state index contributed by atoms with van der Waals surface area (Å²) in [5.41, 5.74) is -1.10. The highest BCUT2D eigenvalue weighted by atomic mass is 32.2. The fourth-order valence-electron chi connectivity index (χ4n) is 2.69. The molecule has 0 heterocycles. The van der Waals surface area contributed by atoms with Crippen LogP contribution in [-0.4, -0.2) is 16.4 Å². The Morgan fingerprint density at radius 3 is 2.25 bits per heavy atom. The molecule has 3 aromatic carbocycles. The van der Waals surface area contributed by atoms with E-state index in [9.17, 15) is 4.79 Å². The summed E-state index contributed by atoms with van der Waals surface area (Å²) in [5.74, 6) is 0.623. The largest absolute Gasteiger partial charge is 0.416 e. The molecule has 28 heavy (non-hydrogen) atoms. The summed E-state index contributed by atoms with van der Waals surface area (Å²) in [6, 6.07) is 18.2. The van der Waals surface area contributed by atoms with Gasteiger partial charge in [-0.25, -0.2) is 0 Å². The standard InChI is InChI=1S/C22H25N3O2S/c1-21(2,3)24-25-22(4,5)23-20(26)28-27-17-13-12-16-11-10-15-8-6-7-9-18(15)19(16)14-17/h6-14H,1-5H3,(H,23,26). The second kappa shape index (κ2) is 7.80. The topological polar surface area (TPSA) is 63.0 Å². The van der Waals surface area contributed by atoms with Gasteiger partial charge >= 0.3 is 5.24 Å². The fourth-order valence-corrected chi connectivity index (χ4v) is 3.26. The molecular formula is C22H25N3O2S. The molecule has 0 atom stereocenters. The van der Waals surface area contributed by atoms with Gasteiger partial charge in [-0.15, -0.1) is 0 Å². The van der Waals surface area contributed by atoms with Crippen LogP contribution in [0.15, 0.2) is 64.8 Å². The highest BCUT2D eigenvalue weighted by Gasteiger charge is 2.22. The van der Waals surface area contributed by atoms with Gasteiger partial charge in [0.15, 0.2) is 12.0 Å². The van der Waals surface area contributed by atoms with E-state index in [1.165, 1.54) is 5.39 Å². The second-order valence-electron chi connectivity index (χ2n) is 8.18. The van der Waals surface area contributed by atoms with Crippen LogP contribution in [0.5, 0.6) is 5.75 Å². The monoisotopic (exact) mass is 395 g/mol. The van der Waals surface area contributed by atoms with Crippen molar-refractivity contribution in [3.05, 3.63) is 54.6 Å². The summed E-state index contributed by atoms with van der Waals surface area (Å²) in [6.07, 6.45) is 0. The summed E-state index contributed by atoms with van der Waals surface area (Å²) >= 11 is 0.752. The molecule has 1 amide bonds. The number of azo groups is 1. The number of nitrogens with zero attached hydrogens (tertiary/aromatic N) is 2. The predicted octanol–water partition coefficient (Wildman–Crippen LogP) is 6.72. The Morgan fingerprint density at radius 1 is 0.893 bits per heavy atom. The minimum atomic E-state index is -0.805. The lowest BCUT2D eigenvalue weighted by molar-refractivity contribution is 0.248. The number of hydrogen-bond donors (Lipinski definition) is 1. The molecule has 0 aliphatic carbocycles. The predicted molar refractivity (Wildman–Crippen MR) is 117 cm³/mol. The highest BCUT2D eigenvalue weighted by molar-refractivity contribution is 8.09. The number of carbonyl (C=O) groups is 1. The van der Waals surface area contributed by atoms with Crippen molar-refractivity contribution in [2.45, 2.75) is 45.8 Å². The van der Waals surface area contributed by atoms with E-state index in [1.54, 1.807) is 13.8 Å². The van der Waals surface area contributed by atoms with Crippen LogP contribution >= 0.6 is 12.0 Å². The van der Waals surface area contributed by atoms with Crippen molar-refractivity contribution in [2.75, 3.05) is 0 Å². The van der Waals surface area contributed by atoms with Crippen LogP contribution < -0.4 is 9.50 Å². The first-order chi connectivity index (χ1) is 13.1. The van der Waals surface area contributed by atoms with E-state index in [1.807, 2.05) is 51.1 Å². The lowest BCUT2D eigenvalue weighted by Crippen LogP contribution is -2.40. The summed E-state index contributed by atoms with van der Waals surface area (Å²) in [7, 11) is 0. The minimum absolute atomic E-state index is 0.292. The maximum Gasteiger partial charge on any atom is 0.320 e. The van der Waals surface area contributed by atoms with E-state index in [4.69, 9.17) is 4.18 Å². The maximum absolute atomic E-state index is 12.3. The Balaban J connectivity index is 1.70. The average molecular weight is 396 g/mol. The Kier molecular flexibility index (Phi) is 5.61. The number of amides is 1. The van der Waals surface area contributed by atoms with E-state index >= 15 is 0 Å². The molecule has 3 aromatic rings. The molecule has 0 radical (unpaired) electrons. The van der Waals surface area contributed by atoms with Gasteiger partial charge in [-0.05, 0) is 68.3 Å². The van der Waals surface area contributed by atoms with Crippen LogP contribution in [0.25, 0.3) is 21.5 Å². The van der Waals surface area contributed by atoms with Gasteiger partial charge in [0, 0.05) is 0 Å². The molecule has 0 spiro atoms. The lowest BCUT2D eigenvalue weighted by atomic mass is 10.0. The summed E-state index contributed by atoms with van der Waals surface area (Å²) < 4.78 is 5.65. The van der Waals surface area contributed by atoms with Gasteiger partial charge in [0.1, 0.15) is 11.4 Å². The number of benzene rings is 3. The van der Waals surface area contributed by atoms with Gasteiger partial charge < -0.3 is 9.50 Å². The molecule has 0 saturated carbocycles. The first-order valence-corrected chi connectivity index (χ1v) is 9.89. The van der Waals surface area contributed by atoms with Crippen LogP contribution in [0.1, 0.15) is 34.6 Å². The van der Waals surface area contributed by atoms with Crippen molar-refractivity contribution >= 4 is 38.8 Å². The molecule has 6 heteroatoms. The number of rotatable bonds is 4. The molecule has 0 fully saturated rings. The van der Waals surface area contributed by atoms with Gasteiger partial charge in [-0.1, -0.05) is 42.5 Å². The van der Waals surface area contributed by atoms with Crippen LogP contribution in [0.3, 0.4) is 0 Å². The van der Waals surface area contributed by atoms with Crippen LogP contribution in [0.2, 0.25) is 0 Å². The van der Waals surface area contributed by atoms with Gasteiger partial charge in [-0.2, -0.15) is 10.2 Å². The first kappa shape index (κ1) is 20.1. The van der Waals surface area contributed by atoms with Crippen molar-refractivity contribution in [1.82, 2.24) is 5.32 Å². The van der Waals surface area contributed by atoms with Crippen LogP contribution in [0, 0.1) is 0 Å². The number of hydrogen-bond acceptors (Lipinski definition) is 5. The van der Waals surface area contributed by atoms with E-state index in [0.29, 0.717) is 5.75 Å². The van der Waals surface area contributed by atoms with Gasteiger partial charge in [-0.3, -0.25) is 4.79 Å². The molecule has 146 valence electrons. The molecular weight excluding hydrogens is 370 g/mol.